The minimum atomic E-state index is -0.506. The first-order valence-electron chi connectivity index (χ1n) is 7.99. The van der Waals surface area contributed by atoms with Crippen LogP contribution in [-0.2, 0) is 20.4 Å². The molecule has 1 aromatic carbocycles. The van der Waals surface area contributed by atoms with Crippen LogP contribution in [0.2, 0.25) is 0 Å². The lowest BCUT2D eigenvalue weighted by Crippen LogP contribution is -2.33. The monoisotopic (exact) mass is 335 g/mol. The van der Waals surface area contributed by atoms with Crippen LogP contribution < -0.4 is 0 Å². The maximum absolute atomic E-state index is 12.7. The van der Waals surface area contributed by atoms with Crippen molar-refractivity contribution in [2.24, 2.45) is 0 Å². The van der Waals surface area contributed by atoms with Gasteiger partial charge in [-0.25, -0.2) is 0 Å². The molecule has 0 saturated heterocycles. The summed E-state index contributed by atoms with van der Waals surface area (Å²) in [5.41, 5.74) is 1.38. The summed E-state index contributed by atoms with van der Waals surface area (Å²) in [4.78, 5) is 25.4. The number of hydrogen-bond donors (Lipinski definition) is 1. The highest BCUT2D eigenvalue weighted by Crippen LogP contribution is 2.38. The molecule has 0 bridgehead atoms. The average Bonchev–Trinajstić information content (AvgIpc) is 2.43. The van der Waals surface area contributed by atoms with Gasteiger partial charge in [-0.3, -0.25) is 9.59 Å². The molecular weight excluding hydrogens is 306 g/mol. The highest BCUT2D eigenvalue weighted by molar-refractivity contribution is 5.99. The van der Waals surface area contributed by atoms with Crippen LogP contribution in [0.1, 0.15) is 63.0 Å². The van der Waals surface area contributed by atoms with Gasteiger partial charge in [0.05, 0.1) is 12.7 Å². The highest BCUT2D eigenvalue weighted by atomic mass is 16.5. The third-order valence-electron chi connectivity index (χ3n) is 3.96. The zero-order chi connectivity index (χ0) is 18.9. The predicted octanol–water partition coefficient (Wildman–Crippen LogP) is 3.23. The number of carbonyl (C=O) groups is 2. The lowest BCUT2D eigenvalue weighted by atomic mass is 9.79. The third kappa shape index (κ3) is 4.49. The van der Waals surface area contributed by atoms with Crippen molar-refractivity contribution in [3.63, 3.8) is 0 Å². The second-order valence-corrected chi connectivity index (χ2v) is 8.16. The van der Waals surface area contributed by atoms with E-state index in [-0.39, 0.29) is 28.7 Å². The Balaban J connectivity index is 3.46. The van der Waals surface area contributed by atoms with Crippen molar-refractivity contribution in [3.05, 3.63) is 28.8 Å². The predicted molar refractivity (Wildman–Crippen MR) is 94.5 cm³/mol. The Morgan fingerprint density at radius 3 is 2.04 bits per heavy atom. The summed E-state index contributed by atoms with van der Waals surface area (Å²) in [6.07, 6.45) is 0. The summed E-state index contributed by atoms with van der Waals surface area (Å²) >= 11 is 0. The van der Waals surface area contributed by atoms with Gasteiger partial charge in [0.2, 0.25) is 0 Å². The van der Waals surface area contributed by atoms with Crippen molar-refractivity contribution in [3.8, 4) is 5.75 Å². The lowest BCUT2D eigenvalue weighted by Gasteiger charge is -2.28. The van der Waals surface area contributed by atoms with E-state index in [0.717, 1.165) is 5.56 Å². The Bertz CT molecular complexity index is 636. The van der Waals surface area contributed by atoms with E-state index in [1.54, 1.807) is 6.07 Å². The van der Waals surface area contributed by atoms with Crippen LogP contribution in [0, 0.1) is 0 Å². The molecule has 0 aliphatic heterocycles. The summed E-state index contributed by atoms with van der Waals surface area (Å²) in [6.45, 7) is 12.0. The summed E-state index contributed by atoms with van der Waals surface area (Å²) in [5, 5.41) is 10.7. The average molecular weight is 335 g/mol. The molecular formula is C19H29NO4. The normalized spacial score (nSPS) is 12.0. The number of esters is 1. The van der Waals surface area contributed by atoms with Crippen molar-refractivity contribution in [2.45, 2.75) is 52.4 Å². The number of ether oxygens (including phenoxy) is 1. The Kier molecular flexibility index (Phi) is 5.70. The van der Waals surface area contributed by atoms with Gasteiger partial charge in [-0.05, 0) is 22.5 Å². The van der Waals surface area contributed by atoms with Gasteiger partial charge in [0, 0.05) is 12.6 Å². The second kappa shape index (κ2) is 6.83. The molecule has 0 heterocycles. The van der Waals surface area contributed by atoms with Crippen molar-refractivity contribution >= 4 is 11.9 Å². The molecule has 0 fully saturated rings. The molecule has 1 N–H and O–H groups in total. The van der Waals surface area contributed by atoms with Gasteiger partial charge in [-0.1, -0.05) is 47.6 Å². The second-order valence-electron chi connectivity index (χ2n) is 8.16. The topological polar surface area (TPSA) is 66.8 Å². The molecule has 0 radical (unpaired) electrons. The van der Waals surface area contributed by atoms with E-state index >= 15 is 0 Å². The molecule has 0 aliphatic carbocycles. The van der Waals surface area contributed by atoms with Gasteiger partial charge in [-0.15, -0.1) is 0 Å². The summed E-state index contributed by atoms with van der Waals surface area (Å²) in [6, 6.07) is 3.66. The molecule has 134 valence electrons. The quantitative estimate of drug-likeness (QED) is 0.861. The standard InChI is InChI=1S/C19H29NO4/c1-18(2,3)12-9-13(16(22)14(10-12)19(4,5)6)17(23)20(7)11-15(21)24-8/h9-10,22H,11H2,1-8H3. The number of methoxy groups -OCH3 is 1. The van der Waals surface area contributed by atoms with Gasteiger partial charge in [0.25, 0.3) is 5.91 Å². The van der Waals surface area contributed by atoms with Crippen molar-refractivity contribution in [1.29, 1.82) is 0 Å². The lowest BCUT2D eigenvalue weighted by molar-refractivity contribution is -0.141. The van der Waals surface area contributed by atoms with Crippen LogP contribution in [0.25, 0.3) is 0 Å². The largest absolute Gasteiger partial charge is 0.507 e. The van der Waals surface area contributed by atoms with Crippen LogP contribution in [0.4, 0.5) is 0 Å². The number of benzene rings is 1. The number of likely N-dealkylation sites (N-methyl/N-ethyl adjacent to an activating group) is 1. The van der Waals surface area contributed by atoms with Crippen molar-refractivity contribution in [1.82, 2.24) is 4.90 Å². The van der Waals surface area contributed by atoms with Gasteiger partial charge in [0.15, 0.2) is 0 Å². The van der Waals surface area contributed by atoms with E-state index in [2.05, 4.69) is 25.5 Å². The van der Waals surface area contributed by atoms with Crippen molar-refractivity contribution < 1.29 is 19.4 Å². The number of rotatable bonds is 3. The molecule has 1 rings (SSSR count). The van der Waals surface area contributed by atoms with E-state index in [4.69, 9.17) is 0 Å². The van der Waals surface area contributed by atoms with Gasteiger partial charge in [-0.2, -0.15) is 0 Å². The van der Waals surface area contributed by atoms with Crippen LogP contribution in [0.5, 0.6) is 5.75 Å². The molecule has 0 atom stereocenters. The number of amides is 1. The SMILES string of the molecule is COC(=O)CN(C)C(=O)c1cc(C(C)(C)C)cc(C(C)(C)C)c1O. The summed E-state index contributed by atoms with van der Waals surface area (Å²) in [5.74, 6) is -0.944. The van der Waals surface area contributed by atoms with Gasteiger partial charge in [0.1, 0.15) is 12.3 Å². The first-order valence-corrected chi connectivity index (χ1v) is 7.99. The molecule has 1 aromatic rings. The van der Waals surface area contributed by atoms with E-state index in [1.165, 1.54) is 19.1 Å². The van der Waals surface area contributed by atoms with E-state index in [0.29, 0.717) is 5.56 Å². The van der Waals surface area contributed by atoms with Gasteiger partial charge < -0.3 is 14.7 Å². The summed E-state index contributed by atoms with van der Waals surface area (Å²) in [7, 11) is 2.79. The maximum Gasteiger partial charge on any atom is 0.325 e. The van der Waals surface area contributed by atoms with E-state index in [9.17, 15) is 14.7 Å². The summed E-state index contributed by atoms with van der Waals surface area (Å²) < 4.78 is 4.60. The van der Waals surface area contributed by atoms with E-state index < -0.39 is 11.9 Å². The molecule has 0 saturated carbocycles. The molecule has 5 heteroatoms. The fourth-order valence-electron chi connectivity index (χ4n) is 2.34. The molecule has 0 unspecified atom stereocenters. The number of aromatic hydroxyl groups is 1. The van der Waals surface area contributed by atoms with E-state index in [1.807, 2.05) is 26.8 Å². The molecule has 24 heavy (non-hydrogen) atoms. The number of hydrogen-bond acceptors (Lipinski definition) is 4. The molecule has 1 amide bonds. The first kappa shape index (κ1) is 20.0. The number of phenols is 1. The van der Waals surface area contributed by atoms with Crippen LogP contribution in [0.15, 0.2) is 12.1 Å². The minimum Gasteiger partial charge on any atom is -0.507 e. The minimum absolute atomic E-state index is 0.0304. The molecule has 0 spiro atoms. The number of phenolic OH excluding ortho intramolecular Hbond substituents is 1. The van der Waals surface area contributed by atoms with Crippen LogP contribution >= 0.6 is 0 Å². The Morgan fingerprint density at radius 2 is 1.62 bits per heavy atom. The molecule has 5 nitrogen and oxygen atoms in total. The zero-order valence-corrected chi connectivity index (χ0v) is 16.0. The highest BCUT2D eigenvalue weighted by Gasteiger charge is 2.28. The molecule has 0 aliphatic rings. The van der Waals surface area contributed by atoms with Crippen LogP contribution in [0.3, 0.4) is 0 Å². The zero-order valence-electron chi connectivity index (χ0n) is 16.0. The fraction of sp³-hybridized carbons (Fsp3) is 0.579. The first-order chi connectivity index (χ1) is 10.8. The molecule has 0 aromatic heterocycles. The maximum atomic E-state index is 12.7. The number of nitrogens with zero attached hydrogens (tertiary/aromatic N) is 1. The third-order valence-corrected chi connectivity index (χ3v) is 3.96. The number of carbonyl (C=O) groups excluding carboxylic acids is 2. The Morgan fingerprint density at radius 1 is 1.08 bits per heavy atom. The van der Waals surface area contributed by atoms with Crippen molar-refractivity contribution in [2.75, 3.05) is 20.7 Å². The van der Waals surface area contributed by atoms with Crippen LogP contribution in [-0.4, -0.2) is 42.6 Å². The smallest absolute Gasteiger partial charge is 0.325 e. The Labute approximate surface area is 144 Å². The van der Waals surface area contributed by atoms with Gasteiger partial charge >= 0.3 is 5.97 Å². The fourth-order valence-corrected chi connectivity index (χ4v) is 2.34. The Hall–Kier alpha value is -2.04.